The standard InChI is InChI=1S/C25H31N3O6/c1-20(2)22(5)10-12-24(20,33-18(22)31)16(29)27-14-8-7-9-15(26-14)28-17(30)25-13-11-23(6,19(32)34-25)21(25,3)4/h7-9H,10-13H2,1-6H3,(H2,26,27,28,29,30)/t22-,23+,24-,25+. The molecule has 5 rings (SSSR count). The van der Waals surface area contributed by atoms with Gasteiger partial charge in [-0.2, -0.15) is 0 Å². The third-order valence-electron chi connectivity index (χ3n) is 10.1. The van der Waals surface area contributed by atoms with Crippen LogP contribution in [-0.4, -0.2) is 39.9 Å². The van der Waals surface area contributed by atoms with Crippen molar-refractivity contribution in [3.8, 4) is 0 Å². The van der Waals surface area contributed by atoms with Crippen molar-refractivity contribution < 1.29 is 28.7 Å². The van der Waals surface area contributed by atoms with Crippen molar-refractivity contribution in [2.75, 3.05) is 10.6 Å². The van der Waals surface area contributed by atoms with E-state index in [1.165, 1.54) is 0 Å². The second kappa shape index (κ2) is 6.37. The molecule has 2 aliphatic heterocycles. The molecule has 182 valence electrons. The number of hydrogen-bond acceptors (Lipinski definition) is 7. The summed E-state index contributed by atoms with van der Waals surface area (Å²) < 4.78 is 11.3. The molecule has 9 heteroatoms. The Morgan fingerprint density at radius 3 is 1.41 bits per heavy atom. The molecule has 4 bridgehead atoms. The molecular formula is C25H31N3O6. The molecule has 2 aliphatic carbocycles. The number of carbonyl (C=O) groups is 4. The summed E-state index contributed by atoms with van der Waals surface area (Å²) in [6.45, 7) is 11.2. The number of nitrogens with one attached hydrogen (secondary N) is 2. The number of esters is 2. The first-order valence-corrected chi connectivity index (χ1v) is 11.7. The minimum Gasteiger partial charge on any atom is -0.448 e. The lowest BCUT2D eigenvalue weighted by atomic mass is 9.66. The number of pyridine rings is 1. The molecule has 34 heavy (non-hydrogen) atoms. The zero-order valence-corrected chi connectivity index (χ0v) is 20.5. The van der Waals surface area contributed by atoms with Crippen molar-refractivity contribution in [2.24, 2.45) is 21.7 Å². The molecule has 0 radical (unpaired) electrons. The molecular weight excluding hydrogens is 438 g/mol. The van der Waals surface area contributed by atoms with Gasteiger partial charge in [0.15, 0.2) is 11.2 Å². The van der Waals surface area contributed by atoms with Gasteiger partial charge in [-0.3, -0.25) is 19.2 Å². The minimum atomic E-state index is -1.27. The molecule has 3 heterocycles. The number of rotatable bonds is 4. The molecule has 1 aromatic heterocycles. The van der Waals surface area contributed by atoms with Gasteiger partial charge in [0.25, 0.3) is 11.8 Å². The van der Waals surface area contributed by atoms with E-state index in [-0.39, 0.29) is 23.6 Å². The normalized spacial score (nSPS) is 38.4. The van der Waals surface area contributed by atoms with Crippen LogP contribution in [0.2, 0.25) is 0 Å². The topological polar surface area (TPSA) is 124 Å². The molecule has 4 fully saturated rings. The SMILES string of the molecule is CC1(C)[C@@]2(C)CC[C@@]1(C(=O)Nc1cccc(NC(=O)[C@@]34CC[C@](C)(C(=O)O3)C4(C)C)n1)OC2=O. The monoisotopic (exact) mass is 469 g/mol. The van der Waals surface area contributed by atoms with Crippen LogP contribution in [0.15, 0.2) is 18.2 Å². The van der Waals surface area contributed by atoms with Crippen molar-refractivity contribution in [3.05, 3.63) is 18.2 Å². The Bertz CT molecular complexity index is 1080. The molecule has 4 aliphatic rings. The van der Waals surface area contributed by atoms with Gasteiger partial charge in [-0.25, -0.2) is 4.98 Å². The average molecular weight is 470 g/mol. The quantitative estimate of drug-likeness (QED) is 0.649. The smallest absolute Gasteiger partial charge is 0.313 e. The Labute approximate surface area is 198 Å². The number of fused-ring (bicyclic) bond motifs is 4. The van der Waals surface area contributed by atoms with Crippen molar-refractivity contribution in [1.82, 2.24) is 4.98 Å². The highest BCUT2D eigenvalue weighted by molar-refractivity contribution is 6.04. The van der Waals surface area contributed by atoms with Gasteiger partial charge in [-0.1, -0.05) is 33.8 Å². The molecule has 0 aromatic carbocycles. The van der Waals surface area contributed by atoms with E-state index in [2.05, 4.69) is 15.6 Å². The van der Waals surface area contributed by atoms with Crippen LogP contribution in [0.25, 0.3) is 0 Å². The summed E-state index contributed by atoms with van der Waals surface area (Å²) >= 11 is 0. The minimum absolute atomic E-state index is 0.223. The predicted octanol–water partition coefficient (Wildman–Crippen LogP) is 3.20. The molecule has 2 N–H and O–H groups in total. The Morgan fingerprint density at radius 1 is 0.735 bits per heavy atom. The Hall–Kier alpha value is -2.97. The summed E-state index contributed by atoms with van der Waals surface area (Å²) in [5.41, 5.74) is -5.33. The second-order valence-electron chi connectivity index (χ2n) is 11.7. The van der Waals surface area contributed by atoms with Gasteiger partial charge in [-0.05, 0) is 51.7 Å². The Morgan fingerprint density at radius 2 is 1.12 bits per heavy atom. The number of nitrogens with zero attached hydrogens (tertiary/aromatic N) is 1. The van der Waals surface area contributed by atoms with E-state index in [9.17, 15) is 19.2 Å². The number of ether oxygens (including phenoxy) is 2. The fourth-order valence-electron chi connectivity index (χ4n) is 6.50. The molecule has 0 unspecified atom stereocenters. The predicted molar refractivity (Wildman–Crippen MR) is 121 cm³/mol. The van der Waals surface area contributed by atoms with Crippen LogP contribution in [-0.2, 0) is 28.7 Å². The van der Waals surface area contributed by atoms with E-state index in [0.717, 1.165) is 0 Å². The van der Waals surface area contributed by atoms with Gasteiger partial charge in [0, 0.05) is 10.8 Å². The summed E-state index contributed by atoms with van der Waals surface area (Å²) in [7, 11) is 0. The highest BCUT2D eigenvalue weighted by Crippen LogP contribution is 2.66. The summed E-state index contributed by atoms with van der Waals surface area (Å²) in [5, 5.41) is 5.55. The largest absolute Gasteiger partial charge is 0.448 e. The van der Waals surface area contributed by atoms with Gasteiger partial charge in [0.1, 0.15) is 11.6 Å². The third-order valence-corrected chi connectivity index (χ3v) is 10.1. The first-order chi connectivity index (χ1) is 15.7. The van der Waals surface area contributed by atoms with E-state index >= 15 is 0 Å². The summed E-state index contributed by atoms with van der Waals surface area (Å²) in [4.78, 5) is 56.0. The molecule has 2 saturated carbocycles. The zero-order valence-electron chi connectivity index (χ0n) is 20.5. The number of amides is 2. The molecule has 1 aromatic rings. The van der Waals surface area contributed by atoms with E-state index in [0.29, 0.717) is 25.7 Å². The first kappa shape index (κ1) is 22.8. The maximum atomic E-state index is 13.3. The Balaban J connectivity index is 1.36. The fraction of sp³-hybridized carbons (Fsp3) is 0.640. The van der Waals surface area contributed by atoms with Crippen LogP contribution >= 0.6 is 0 Å². The summed E-state index contributed by atoms with van der Waals surface area (Å²) in [6, 6.07) is 4.86. The van der Waals surface area contributed by atoms with E-state index < -0.39 is 44.7 Å². The molecule has 0 spiro atoms. The van der Waals surface area contributed by atoms with Crippen LogP contribution in [0.4, 0.5) is 11.6 Å². The van der Waals surface area contributed by atoms with E-state index in [1.54, 1.807) is 18.2 Å². The van der Waals surface area contributed by atoms with Gasteiger partial charge < -0.3 is 20.1 Å². The van der Waals surface area contributed by atoms with Gasteiger partial charge in [0.2, 0.25) is 0 Å². The highest BCUT2D eigenvalue weighted by Gasteiger charge is 2.76. The number of anilines is 2. The average Bonchev–Trinajstić information content (AvgIpc) is 3.22. The lowest BCUT2D eigenvalue weighted by molar-refractivity contribution is -0.166. The lowest BCUT2D eigenvalue weighted by Crippen LogP contribution is -2.51. The molecule has 2 saturated heterocycles. The zero-order chi connectivity index (χ0) is 24.9. The second-order valence-corrected chi connectivity index (χ2v) is 11.7. The number of hydrogen-bond donors (Lipinski definition) is 2. The van der Waals surface area contributed by atoms with Crippen LogP contribution in [0.3, 0.4) is 0 Å². The molecule has 4 atom stereocenters. The highest BCUT2D eigenvalue weighted by atomic mass is 16.6. The van der Waals surface area contributed by atoms with Crippen molar-refractivity contribution in [1.29, 1.82) is 0 Å². The van der Waals surface area contributed by atoms with Crippen LogP contribution in [0, 0.1) is 21.7 Å². The van der Waals surface area contributed by atoms with Crippen LogP contribution < -0.4 is 10.6 Å². The van der Waals surface area contributed by atoms with Crippen molar-refractivity contribution >= 4 is 35.4 Å². The van der Waals surface area contributed by atoms with Crippen LogP contribution in [0.1, 0.15) is 67.2 Å². The van der Waals surface area contributed by atoms with Gasteiger partial charge >= 0.3 is 11.9 Å². The van der Waals surface area contributed by atoms with Crippen molar-refractivity contribution in [2.45, 2.75) is 78.4 Å². The third kappa shape index (κ3) is 2.33. The summed E-state index contributed by atoms with van der Waals surface area (Å²) in [5.74, 6) is -1.13. The maximum absolute atomic E-state index is 13.3. The van der Waals surface area contributed by atoms with Gasteiger partial charge in [-0.15, -0.1) is 0 Å². The van der Waals surface area contributed by atoms with Crippen molar-refractivity contribution in [3.63, 3.8) is 0 Å². The maximum Gasteiger partial charge on any atom is 0.313 e. The fourth-order valence-corrected chi connectivity index (χ4v) is 6.50. The van der Waals surface area contributed by atoms with E-state index in [4.69, 9.17) is 9.47 Å². The van der Waals surface area contributed by atoms with E-state index in [1.807, 2.05) is 41.5 Å². The summed E-state index contributed by atoms with van der Waals surface area (Å²) in [6.07, 6.45) is 2.02. The first-order valence-electron chi connectivity index (χ1n) is 11.7. The molecule has 9 nitrogen and oxygen atoms in total. The van der Waals surface area contributed by atoms with Gasteiger partial charge in [0.05, 0.1) is 10.8 Å². The number of aromatic nitrogens is 1. The lowest BCUT2D eigenvalue weighted by Gasteiger charge is -2.35. The number of carbonyl (C=O) groups excluding carboxylic acids is 4. The molecule has 2 amide bonds. The Kier molecular flexibility index (Phi) is 4.27. The van der Waals surface area contributed by atoms with Crippen LogP contribution in [0.5, 0.6) is 0 Å².